The van der Waals surface area contributed by atoms with Gasteiger partial charge in [0.25, 0.3) is 0 Å². The largest absolute Gasteiger partial charge is 0.468 e. The topological polar surface area (TPSA) is 71.3 Å². The Morgan fingerprint density at radius 3 is 2.73 bits per heavy atom. The summed E-state index contributed by atoms with van der Waals surface area (Å²) in [6.45, 7) is 7.30. The second-order valence-corrected chi connectivity index (χ2v) is 7.99. The molecule has 0 spiro atoms. The summed E-state index contributed by atoms with van der Waals surface area (Å²) < 4.78 is 17.0. The predicted octanol–water partition coefficient (Wildman–Crippen LogP) is 3.42. The molecule has 7 nitrogen and oxygen atoms in total. The van der Waals surface area contributed by atoms with Crippen molar-refractivity contribution in [2.45, 2.75) is 44.6 Å². The Morgan fingerprint density at radius 1 is 1.23 bits per heavy atom. The Morgan fingerprint density at radius 2 is 2.03 bits per heavy atom. The van der Waals surface area contributed by atoms with E-state index in [1.54, 1.807) is 6.26 Å². The highest BCUT2D eigenvalue weighted by molar-refractivity contribution is 14.0. The molecule has 30 heavy (non-hydrogen) atoms. The highest BCUT2D eigenvalue weighted by atomic mass is 127. The van der Waals surface area contributed by atoms with Crippen LogP contribution in [-0.2, 0) is 9.47 Å². The SMILES string of the molecule is CN=C(NCCCOCC1CCOCC1)NCC(c1ccco1)N1CCCCC1.I. The van der Waals surface area contributed by atoms with Crippen molar-refractivity contribution in [2.24, 2.45) is 10.9 Å². The smallest absolute Gasteiger partial charge is 0.191 e. The number of likely N-dealkylation sites (tertiary alicyclic amines) is 1. The number of nitrogens with one attached hydrogen (secondary N) is 2. The lowest BCUT2D eigenvalue weighted by Gasteiger charge is -2.33. The lowest BCUT2D eigenvalue weighted by molar-refractivity contribution is 0.0203. The summed E-state index contributed by atoms with van der Waals surface area (Å²) in [6.07, 6.45) is 8.84. The van der Waals surface area contributed by atoms with Crippen LogP contribution in [0, 0.1) is 5.92 Å². The average molecular weight is 534 g/mol. The van der Waals surface area contributed by atoms with E-state index in [-0.39, 0.29) is 30.0 Å². The molecule has 0 saturated carbocycles. The molecule has 3 rings (SSSR count). The number of ether oxygens (including phenoxy) is 2. The molecular weight excluding hydrogens is 495 g/mol. The van der Waals surface area contributed by atoms with Gasteiger partial charge in [-0.25, -0.2) is 0 Å². The number of halogens is 1. The highest BCUT2D eigenvalue weighted by Gasteiger charge is 2.24. The van der Waals surface area contributed by atoms with E-state index in [0.717, 1.165) is 83.6 Å². The summed E-state index contributed by atoms with van der Waals surface area (Å²) in [4.78, 5) is 6.89. The third-order valence-electron chi connectivity index (χ3n) is 5.84. The fraction of sp³-hybridized carbons (Fsp3) is 0.773. The molecule has 8 heteroatoms. The monoisotopic (exact) mass is 534 g/mol. The minimum Gasteiger partial charge on any atom is -0.468 e. The first-order valence-electron chi connectivity index (χ1n) is 11.2. The quantitative estimate of drug-likeness (QED) is 0.208. The fourth-order valence-electron chi connectivity index (χ4n) is 4.08. The van der Waals surface area contributed by atoms with Gasteiger partial charge in [-0.1, -0.05) is 6.42 Å². The van der Waals surface area contributed by atoms with E-state index in [4.69, 9.17) is 13.9 Å². The zero-order valence-corrected chi connectivity index (χ0v) is 20.6. The number of furan rings is 1. The normalized spacial score (nSPS) is 19.8. The Hall–Kier alpha value is -0.840. The molecule has 2 aliphatic heterocycles. The van der Waals surface area contributed by atoms with Gasteiger partial charge < -0.3 is 24.5 Å². The molecule has 1 aromatic heterocycles. The van der Waals surface area contributed by atoms with Gasteiger partial charge in [-0.2, -0.15) is 0 Å². The number of rotatable bonds is 10. The van der Waals surface area contributed by atoms with Gasteiger partial charge in [0.2, 0.25) is 0 Å². The van der Waals surface area contributed by atoms with Crippen molar-refractivity contribution in [3.63, 3.8) is 0 Å². The van der Waals surface area contributed by atoms with E-state index in [0.29, 0.717) is 5.92 Å². The maximum atomic E-state index is 5.84. The van der Waals surface area contributed by atoms with Crippen molar-refractivity contribution in [1.82, 2.24) is 15.5 Å². The van der Waals surface area contributed by atoms with Gasteiger partial charge in [0.1, 0.15) is 5.76 Å². The van der Waals surface area contributed by atoms with Crippen LogP contribution in [0.2, 0.25) is 0 Å². The minimum absolute atomic E-state index is 0. The predicted molar refractivity (Wildman–Crippen MR) is 131 cm³/mol. The van der Waals surface area contributed by atoms with E-state index in [2.05, 4.69) is 26.6 Å². The summed E-state index contributed by atoms with van der Waals surface area (Å²) in [6, 6.07) is 4.29. The zero-order valence-electron chi connectivity index (χ0n) is 18.3. The van der Waals surface area contributed by atoms with Crippen LogP contribution in [0.3, 0.4) is 0 Å². The van der Waals surface area contributed by atoms with E-state index in [1.807, 2.05) is 13.1 Å². The van der Waals surface area contributed by atoms with Gasteiger partial charge in [-0.05, 0) is 63.2 Å². The molecule has 172 valence electrons. The first-order chi connectivity index (χ1) is 14.4. The maximum Gasteiger partial charge on any atom is 0.191 e. The molecule has 2 fully saturated rings. The zero-order chi connectivity index (χ0) is 20.2. The van der Waals surface area contributed by atoms with Gasteiger partial charge in [0.15, 0.2) is 5.96 Å². The van der Waals surface area contributed by atoms with Gasteiger partial charge in [0, 0.05) is 46.6 Å². The van der Waals surface area contributed by atoms with Crippen LogP contribution in [0.25, 0.3) is 0 Å². The van der Waals surface area contributed by atoms with Crippen LogP contribution in [-0.4, -0.2) is 70.5 Å². The fourth-order valence-corrected chi connectivity index (χ4v) is 4.08. The Balaban J connectivity index is 0.00000320. The summed E-state index contributed by atoms with van der Waals surface area (Å²) in [7, 11) is 1.82. The summed E-state index contributed by atoms with van der Waals surface area (Å²) in [5.41, 5.74) is 0. The van der Waals surface area contributed by atoms with E-state index in [9.17, 15) is 0 Å². The molecule has 0 amide bonds. The van der Waals surface area contributed by atoms with Crippen LogP contribution in [0.15, 0.2) is 27.8 Å². The third-order valence-corrected chi connectivity index (χ3v) is 5.84. The summed E-state index contributed by atoms with van der Waals surface area (Å²) in [5.74, 6) is 2.53. The molecule has 0 aliphatic carbocycles. The Bertz CT molecular complexity index is 573. The number of hydrogen-bond acceptors (Lipinski definition) is 5. The van der Waals surface area contributed by atoms with Crippen LogP contribution < -0.4 is 10.6 Å². The van der Waals surface area contributed by atoms with E-state index in [1.165, 1.54) is 19.3 Å². The van der Waals surface area contributed by atoms with Crippen LogP contribution in [0.4, 0.5) is 0 Å². The van der Waals surface area contributed by atoms with Crippen molar-refractivity contribution < 1.29 is 13.9 Å². The molecule has 1 atom stereocenters. The van der Waals surface area contributed by atoms with Crippen LogP contribution in [0.5, 0.6) is 0 Å². The third kappa shape index (κ3) is 8.72. The molecule has 0 radical (unpaired) electrons. The van der Waals surface area contributed by atoms with Crippen molar-refractivity contribution >= 4 is 29.9 Å². The minimum atomic E-state index is 0. The lowest BCUT2D eigenvalue weighted by atomic mass is 10.0. The van der Waals surface area contributed by atoms with Crippen molar-refractivity contribution in [3.05, 3.63) is 24.2 Å². The number of guanidine groups is 1. The molecule has 2 aliphatic rings. The van der Waals surface area contributed by atoms with Gasteiger partial charge >= 0.3 is 0 Å². The number of aliphatic imine (C=N–C) groups is 1. The highest BCUT2D eigenvalue weighted by Crippen LogP contribution is 2.24. The second kappa shape index (κ2) is 15.0. The molecule has 1 unspecified atom stereocenters. The van der Waals surface area contributed by atoms with Crippen molar-refractivity contribution in [1.29, 1.82) is 0 Å². The molecule has 3 heterocycles. The molecule has 0 aromatic carbocycles. The van der Waals surface area contributed by atoms with Gasteiger partial charge in [-0.3, -0.25) is 9.89 Å². The standard InChI is InChI=1S/C22H38N4O3.HI/c1-23-22(24-10-6-13-28-18-19-8-15-27-16-9-19)25-17-20(21-7-5-14-29-21)26-11-3-2-4-12-26;/h5,7,14,19-20H,2-4,6,8-13,15-18H2,1H3,(H2,23,24,25);1H. The van der Waals surface area contributed by atoms with Crippen molar-refractivity contribution in [3.8, 4) is 0 Å². The van der Waals surface area contributed by atoms with Gasteiger partial charge in [0.05, 0.1) is 12.3 Å². The maximum absolute atomic E-state index is 5.84. The average Bonchev–Trinajstić information content (AvgIpc) is 3.31. The number of nitrogens with zero attached hydrogens (tertiary/aromatic N) is 2. The molecular formula is C22H39IN4O3. The van der Waals surface area contributed by atoms with Gasteiger partial charge in [-0.15, -0.1) is 24.0 Å². The van der Waals surface area contributed by atoms with Crippen molar-refractivity contribution in [2.75, 3.05) is 59.7 Å². The molecule has 1 aromatic rings. The van der Waals surface area contributed by atoms with E-state index >= 15 is 0 Å². The van der Waals surface area contributed by atoms with Crippen LogP contribution in [0.1, 0.15) is 50.3 Å². The first-order valence-corrected chi connectivity index (χ1v) is 11.2. The summed E-state index contributed by atoms with van der Waals surface area (Å²) >= 11 is 0. The number of hydrogen-bond donors (Lipinski definition) is 2. The van der Waals surface area contributed by atoms with Crippen LogP contribution >= 0.6 is 24.0 Å². The molecule has 2 saturated heterocycles. The summed E-state index contributed by atoms with van der Waals surface area (Å²) in [5, 5.41) is 6.88. The molecule has 2 N–H and O–H groups in total. The molecule has 0 bridgehead atoms. The van der Waals surface area contributed by atoms with E-state index < -0.39 is 0 Å². The first kappa shape index (κ1) is 25.4. The Kier molecular flexibility index (Phi) is 12.7. The number of piperidine rings is 1. The Labute approximate surface area is 198 Å². The second-order valence-electron chi connectivity index (χ2n) is 7.99. The lowest BCUT2D eigenvalue weighted by Crippen LogP contribution is -2.44.